The fourth-order valence-electron chi connectivity index (χ4n) is 1.60. The molecule has 6 nitrogen and oxygen atoms in total. The highest BCUT2D eigenvalue weighted by Gasteiger charge is 2.11. The number of carbonyl (C=O) groups is 2. The molecule has 0 aliphatic heterocycles. The molecule has 23 heavy (non-hydrogen) atoms. The van der Waals surface area contributed by atoms with Crippen molar-refractivity contribution >= 4 is 28.2 Å². The zero-order valence-electron chi connectivity index (χ0n) is 12.0. The average Bonchev–Trinajstić information content (AvgIpc) is 2.53. The highest BCUT2D eigenvalue weighted by molar-refractivity contribution is 9.10. The predicted octanol–water partition coefficient (Wildman–Crippen LogP) is 2.31. The summed E-state index contributed by atoms with van der Waals surface area (Å²) in [5.74, 6) is -0.863. The van der Waals surface area contributed by atoms with Gasteiger partial charge in [-0.2, -0.15) is 0 Å². The monoisotopic (exact) mass is 381 g/mol. The van der Waals surface area contributed by atoms with Gasteiger partial charge in [-0.25, -0.2) is 0 Å². The van der Waals surface area contributed by atoms with Gasteiger partial charge in [0.1, 0.15) is 17.5 Å². The quantitative estimate of drug-likeness (QED) is 0.603. The maximum absolute atomic E-state index is 10.4. The van der Waals surface area contributed by atoms with Crippen LogP contribution in [0.1, 0.15) is 15.9 Å². The molecule has 0 aliphatic carbocycles. The van der Waals surface area contributed by atoms with Crippen LogP contribution in [0, 0.1) is 0 Å². The molecule has 0 amide bonds. The van der Waals surface area contributed by atoms with Crippen LogP contribution in [0.4, 0.5) is 0 Å². The smallest absolute Gasteiger partial charge is 0.320 e. The fourth-order valence-corrected chi connectivity index (χ4v) is 1.98. The number of carboxylic acids is 1. The Kier molecular flexibility index (Phi) is 7.24. The maximum atomic E-state index is 10.4. The molecule has 0 radical (unpaired) electrons. The molecule has 0 aliphatic rings. The summed E-state index contributed by atoms with van der Waals surface area (Å²) < 4.78 is 0.539. The third-order valence-corrected chi connectivity index (χ3v) is 3.49. The highest BCUT2D eigenvalue weighted by Crippen LogP contribution is 2.25. The molecule has 2 aromatic rings. The molecule has 0 saturated carbocycles. The largest absolute Gasteiger partial charge is 0.508 e. The van der Waals surface area contributed by atoms with Gasteiger partial charge in [0, 0.05) is 0 Å². The summed E-state index contributed by atoms with van der Waals surface area (Å²) in [5.41, 5.74) is 6.42. The lowest BCUT2D eigenvalue weighted by Gasteiger charge is -2.05. The lowest BCUT2D eigenvalue weighted by molar-refractivity contribution is -0.138. The Morgan fingerprint density at radius 2 is 1.78 bits per heavy atom. The lowest BCUT2D eigenvalue weighted by atomic mass is 10.1. The Bertz CT molecular complexity index is 673. The molecular formula is C16H16BrNO5. The van der Waals surface area contributed by atoms with Crippen LogP contribution >= 0.6 is 15.9 Å². The Morgan fingerprint density at radius 3 is 2.26 bits per heavy atom. The van der Waals surface area contributed by atoms with Crippen molar-refractivity contribution in [3.05, 3.63) is 58.1 Å². The molecule has 0 spiro atoms. The number of hydrogen-bond donors (Lipinski definition) is 4. The number of aldehydes is 1. The van der Waals surface area contributed by atoms with Crippen LogP contribution in [0.25, 0.3) is 0 Å². The maximum Gasteiger partial charge on any atom is 0.320 e. The van der Waals surface area contributed by atoms with Crippen molar-refractivity contribution in [2.75, 3.05) is 0 Å². The number of aromatic hydroxyl groups is 2. The lowest BCUT2D eigenvalue weighted by Crippen LogP contribution is -2.32. The van der Waals surface area contributed by atoms with Crippen molar-refractivity contribution in [3.63, 3.8) is 0 Å². The first-order valence-electron chi connectivity index (χ1n) is 6.54. The number of carboxylic acid groups (broad SMARTS) is 1. The van der Waals surface area contributed by atoms with Gasteiger partial charge in [-0.3, -0.25) is 9.59 Å². The van der Waals surface area contributed by atoms with Crippen molar-refractivity contribution in [2.24, 2.45) is 5.73 Å². The molecule has 2 aromatic carbocycles. The van der Waals surface area contributed by atoms with Gasteiger partial charge in [-0.15, -0.1) is 0 Å². The Balaban J connectivity index is 0.000000238. The van der Waals surface area contributed by atoms with E-state index in [1.807, 2.05) is 0 Å². The van der Waals surface area contributed by atoms with Crippen LogP contribution in [0.3, 0.4) is 0 Å². The van der Waals surface area contributed by atoms with Gasteiger partial charge >= 0.3 is 5.97 Å². The highest BCUT2D eigenvalue weighted by atomic mass is 79.9. The van der Waals surface area contributed by atoms with Crippen molar-refractivity contribution in [2.45, 2.75) is 12.5 Å². The predicted molar refractivity (Wildman–Crippen MR) is 88.6 cm³/mol. The summed E-state index contributed by atoms with van der Waals surface area (Å²) in [6, 6.07) is 10.3. The first-order valence-corrected chi connectivity index (χ1v) is 7.33. The molecule has 7 heteroatoms. The van der Waals surface area contributed by atoms with Gasteiger partial charge in [-0.1, -0.05) is 18.2 Å². The van der Waals surface area contributed by atoms with E-state index in [9.17, 15) is 9.59 Å². The summed E-state index contributed by atoms with van der Waals surface area (Å²) in [5, 5.41) is 26.6. The van der Waals surface area contributed by atoms with E-state index in [2.05, 4.69) is 15.9 Å². The standard InChI is InChI=1S/C9H11NO3.C7H5BrO2/c10-8(9(12)13)5-6-1-3-7(11)4-2-6;8-6-3-1-2-5(4-9)7(6)10/h1-4,8,11H,5,10H2,(H,12,13);1-4,10H/t8-;/m0./s1. The minimum atomic E-state index is -1.02. The number of rotatable bonds is 4. The van der Waals surface area contributed by atoms with Gasteiger partial charge in [-0.05, 0) is 52.2 Å². The number of phenolic OH excluding ortho intramolecular Hbond substituents is 2. The van der Waals surface area contributed by atoms with Crippen LogP contribution in [0.2, 0.25) is 0 Å². The molecule has 0 saturated heterocycles. The third kappa shape index (κ3) is 6.09. The van der Waals surface area contributed by atoms with Gasteiger partial charge < -0.3 is 21.1 Å². The number of aliphatic carboxylic acids is 1. The van der Waals surface area contributed by atoms with Gasteiger partial charge in [0.2, 0.25) is 0 Å². The molecular weight excluding hydrogens is 366 g/mol. The van der Waals surface area contributed by atoms with E-state index >= 15 is 0 Å². The van der Waals surface area contributed by atoms with Crippen LogP contribution < -0.4 is 5.73 Å². The number of benzene rings is 2. The van der Waals surface area contributed by atoms with Crippen molar-refractivity contribution in [3.8, 4) is 11.5 Å². The SMILES string of the molecule is N[C@@H](Cc1ccc(O)cc1)C(=O)O.O=Cc1cccc(Br)c1O. The number of nitrogens with two attached hydrogens (primary N) is 1. The third-order valence-electron chi connectivity index (χ3n) is 2.85. The van der Waals surface area contributed by atoms with Crippen molar-refractivity contribution in [1.29, 1.82) is 0 Å². The molecule has 0 bridgehead atoms. The molecule has 122 valence electrons. The topological polar surface area (TPSA) is 121 Å². The van der Waals surface area contributed by atoms with Crippen LogP contribution in [-0.2, 0) is 11.2 Å². The number of hydrogen-bond acceptors (Lipinski definition) is 5. The van der Waals surface area contributed by atoms with E-state index in [1.165, 1.54) is 12.1 Å². The second-order valence-electron chi connectivity index (χ2n) is 4.61. The van der Waals surface area contributed by atoms with Crippen molar-refractivity contribution in [1.82, 2.24) is 0 Å². The molecule has 5 N–H and O–H groups in total. The summed E-state index contributed by atoms with van der Waals surface area (Å²) in [6.07, 6.45) is 0.885. The zero-order chi connectivity index (χ0) is 17.4. The minimum absolute atomic E-state index is 0.00231. The fraction of sp³-hybridized carbons (Fsp3) is 0.125. The Hall–Kier alpha value is -2.38. The number of halogens is 1. The Labute approximate surface area is 141 Å². The molecule has 0 aromatic heterocycles. The molecule has 1 atom stereocenters. The van der Waals surface area contributed by atoms with Gasteiger partial charge in [0.15, 0.2) is 6.29 Å². The van der Waals surface area contributed by atoms with Gasteiger partial charge in [0.05, 0.1) is 10.0 Å². The van der Waals surface area contributed by atoms with E-state index in [0.29, 0.717) is 16.3 Å². The zero-order valence-corrected chi connectivity index (χ0v) is 13.6. The van der Waals surface area contributed by atoms with E-state index < -0.39 is 12.0 Å². The number of phenols is 2. The second-order valence-corrected chi connectivity index (χ2v) is 5.47. The molecule has 0 fully saturated rings. The summed E-state index contributed by atoms with van der Waals surface area (Å²) >= 11 is 3.08. The second kappa shape index (κ2) is 8.92. The van der Waals surface area contributed by atoms with Crippen molar-refractivity contribution < 1.29 is 24.9 Å². The minimum Gasteiger partial charge on any atom is -0.508 e. The summed E-state index contributed by atoms with van der Waals surface area (Å²) in [4.78, 5) is 20.6. The summed E-state index contributed by atoms with van der Waals surface area (Å²) in [7, 11) is 0. The van der Waals surface area contributed by atoms with E-state index in [-0.39, 0.29) is 17.9 Å². The van der Waals surface area contributed by atoms with E-state index in [1.54, 1.807) is 30.3 Å². The molecule has 0 heterocycles. The van der Waals surface area contributed by atoms with Gasteiger partial charge in [0.25, 0.3) is 0 Å². The Morgan fingerprint density at radius 1 is 1.17 bits per heavy atom. The van der Waals surface area contributed by atoms with Crippen LogP contribution in [-0.4, -0.2) is 33.6 Å². The van der Waals surface area contributed by atoms with E-state index in [4.69, 9.17) is 21.1 Å². The summed E-state index contributed by atoms with van der Waals surface area (Å²) in [6.45, 7) is 0. The van der Waals surface area contributed by atoms with E-state index in [0.717, 1.165) is 5.56 Å². The normalized spacial score (nSPS) is 11.0. The first-order chi connectivity index (χ1) is 10.8. The van der Waals surface area contributed by atoms with Crippen LogP contribution in [0.5, 0.6) is 11.5 Å². The number of para-hydroxylation sites is 1. The van der Waals surface area contributed by atoms with Crippen LogP contribution in [0.15, 0.2) is 46.9 Å². The average molecular weight is 382 g/mol. The molecule has 2 rings (SSSR count). The first kappa shape index (κ1) is 18.7. The molecule has 0 unspecified atom stereocenters. The number of carbonyl (C=O) groups excluding carboxylic acids is 1.